The van der Waals surface area contributed by atoms with Crippen LogP contribution in [-0.4, -0.2) is 22.0 Å². The molecule has 1 aromatic carbocycles. The molecule has 0 radical (unpaired) electrons. The molecule has 4 heteroatoms. The van der Waals surface area contributed by atoms with Crippen molar-refractivity contribution in [1.29, 1.82) is 0 Å². The third kappa shape index (κ3) is 3.32. The molecule has 0 aliphatic carbocycles. The summed E-state index contributed by atoms with van der Waals surface area (Å²) < 4.78 is 5.19. The predicted octanol–water partition coefficient (Wildman–Crippen LogP) is 3.60. The summed E-state index contributed by atoms with van der Waals surface area (Å²) in [6.45, 7) is 8.40. The topological polar surface area (TPSA) is 46.3 Å². The number of nitrogens with zero attached hydrogens (tertiary/aromatic N) is 2. The summed E-state index contributed by atoms with van der Waals surface area (Å²) in [6, 6.07) is 10.1. The number of hydrogen-bond donors (Lipinski definition) is 0. The highest BCUT2D eigenvalue weighted by molar-refractivity contribution is 5.96. The lowest BCUT2D eigenvalue weighted by molar-refractivity contribution is 0.0687. The van der Waals surface area contributed by atoms with E-state index in [2.05, 4.69) is 5.16 Å². The minimum atomic E-state index is -0.00977. The van der Waals surface area contributed by atoms with Crippen LogP contribution in [0.25, 0.3) is 0 Å². The van der Waals surface area contributed by atoms with E-state index in [1.807, 2.05) is 56.0 Å². The van der Waals surface area contributed by atoms with Crippen LogP contribution < -0.4 is 0 Å². The highest BCUT2D eigenvalue weighted by Gasteiger charge is 2.26. The summed E-state index contributed by atoms with van der Waals surface area (Å²) in [5.74, 6) is 0.583. The maximum Gasteiger partial charge on any atom is 0.259 e. The lowest BCUT2D eigenvalue weighted by Crippen LogP contribution is -2.37. The standard InChI is InChI=1S/C17H22N2O2/c1-5-15-16(13(4)21-18-15)17(20)19(12(2)3)11-14-9-7-6-8-10-14/h6-10,12H,5,11H2,1-4H3. The molecule has 0 unspecified atom stereocenters. The van der Waals surface area contributed by atoms with E-state index in [0.29, 0.717) is 24.3 Å². The van der Waals surface area contributed by atoms with Crippen LogP contribution >= 0.6 is 0 Å². The summed E-state index contributed by atoms with van der Waals surface area (Å²) in [7, 11) is 0. The molecule has 21 heavy (non-hydrogen) atoms. The Labute approximate surface area is 125 Å². The molecule has 0 saturated heterocycles. The molecule has 0 aliphatic heterocycles. The van der Waals surface area contributed by atoms with Crippen molar-refractivity contribution in [3.8, 4) is 0 Å². The summed E-state index contributed by atoms with van der Waals surface area (Å²) >= 11 is 0. The van der Waals surface area contributed by atoms with Crippen LogP contribution in [-0.2, 0) is 13.0 Å². The number of benzene rings is 1. The average molecular weight is 286 g/mol. The molecular formula is C17H22N2O2. The zero-order valence-corrected chi connectivity index (χ0v) is 13.1. The smallest absolute Gasteiger partial charge is 0.259 e. The Balaban J connectivity index is 2.30. The van der Waals surface area contributed by atoms with Crippen molar-refractivity contribution in [2.45, 2.75) is 46.7 Å². The zero-order chi connectivity index (χ0) is 15.4. The molecule has 1 aromatic heterocycles. The Morgan fingerprint density at radius 1 is 1.29 bits per heavy atom. The molecular weight excluding hydrogens is 264 g/mol. The fourth-order valence-corrected chi connectivity index (χ4v) is 2.35. The normalized spacial score (nSPS) is 10.9. The van der Waals surface area contributed by atoms with Gasteiger partial charge in [-0.15, -0.1) is 0 Å². The molecule has 112 valence electrons. The second-order valence-corrected chi connectivity index (χ2v) is 5.43. The lowest BCUT2D eigenvalue weighted by atomic mass is 10.1. The van der Waals surface area contributed by atoms with E-state index in [1.165, 1.54) is 0 Å². The number of rotatable bonds is 5. The third-order valence-electron chi connectivity index (χ3n) is 3.56. The van der Waals surface area contributed by atoms with Gasteiger partial charge < -0.3 is 9.42 Å². The predicted molar refractivity (Wildman–Crippen MR) is 82.1 cm³/mol. The van der Waals surface area contributed by atoms with Crippen molar-refractivity contribution in [2.24, 2.45) is 0 Å². The summed E-state index contributed by atoms with van der Waals surface area (Å²) in [6.07, 6.45) is 0.690. The molecule has 0 atom stereocenters. The summed E-state index contributed by atoms with van der Waals surface area (Å²) in [5.41, 5.74) is 2.46. The van der Waals surface area contributed by atoms with Crippen LogP contribution in [0.5, 0.6) is 0 Å². The van der Waals surface area contributed by atoms with Crippen molar-refractivity contribution < 1.29 is 9.32 Å². The van der Waals surface area contributed by atoms with E-state index in [9.17, 15) is 4.79 Å². The number of carbonyl (C=O) groups excluding carboxylic acids is 1. The number of carbonyl (C=O) groups is 1. The van der Waals surface area contributed by atoms with E-state index in [0.717, 1.165) is 11.3 Å². The van der Waals surface area contributed by atoms with Gasteiger partial charge in [0, 0.05) is 12.6 Å². The van der Waals surface area contributed by atoms with Crippen molar-refractivity contribution in [3.63, 3.8) is 0 Å². The largest absolute Gasteiger partial charge is 0.361 e. The molecule has 0 N–H and O–H groups in total. The Kier molecular flexibility index (Phi) is 4.78. The van der Waals surface area contributed by atoms with E-state index in [4.69, 9.17) is 4.52 Å². The first-order chi connectivity index (χ1) is 10.0. The Morgan fingerprint density at radius 2 is 1.95 bits per heavy atom. The minimum Gasteiger partial charge on any atom is -0.361 e. The van der Waals surface area contributed by atoms with Gasteiger partial charge in [0.25, 0.3) is 5.91 Å². The molecule has 2 rings (SSSR count). The van der Waals surface area contributed by atoms with Crippen LogP contribution in [0, 0.1) is 6.92 Å². The van der Waals surface area contributed by atoms with E-state index < -0.39 is 0 Å². The highest BCUT2D eigenvalue weighted by atomic mass is 16.5. The van der Waals surface area contributed by atoms with Crippen molar-refractivity contribution in [2.75, 3.05) is 0 Å². The average Bonchev–Trinajstić information content (AvgIpc) is 2.86. The zero-order valence-electron chi connectivity index (χ0n) is 13.1. The number of aromatic nitrogens is 1. The van der Waals surface area contributed by atoms with Gasteiger partial charge >= 0.3 is 0 Å². The van der Waals surface area contributed by atoms with Gasteiger partial charge in [0.15, 0.2) is 0 Å². The SMILES string of the molecule is CCc1noc(C)c1C(=O)N(Cc1ccccc1)C(C)C. The van der Waals surface area contributed by atoms with Crippen LogP contribution in [0.15, 0.2) is 34.9 Å². The van der Waals surface area contributed by atoms with Gasteiger partial charge in [0.1, 0.15) is 11.3 Å². The lowest BCUT2D eigenvalue weighted by Gasteiger charge is -2.27. The molecule has 0 spiro atoms. The fourth-order valence-electron chi connectivity index (χ4n) is 2.35. The third-order valence-corrected chi connectivity index (χ3v) is 3.56. The first-order valence-electron chi connectivity index (χ1n) is 7.34. The number of aryl methyl sites for hydroxylation is 2. The second kappa shape index (κ2) is 6.57. The summed E-state index contributed by atoms with van der Waals surface area (Å²) in [4.78, 5) is 14.7. The van der Waals surface area contributed by atoms with E-state index in [1.54, 1.807) is 6.92 Å². The number of hydrogen-bond acceptors (Lipinski definition) is 3. The molecule has 0 saturated carbocycles. The Hall–Kier alpha value is -2.10. The van der Waals surface area contributed by atoms with Gasteiger partial charge in [-0.25, -0.2) is 0 Å². The number of amides is 1. The second-order valence-electron chi connectivity index (χ2n) is 5.43. The van der Waals surface area contributed by atoms with Gasteiger partial charge in [-0.3, -0.25) is 4.79 Å². The molecule has 0 fully saturated rings. The fraction of sp³-hybridized carbons (Fsp3) is 0.412. The van der Waals surface area contributed by atoms with Crippen molar-refractivity contribution >= 4 is 5.91 Å². The molecule has 0 aliphatic rings. The van der Waals surface area contributed by atoms with Gasteiger partial charge in [-0.2, -0.15) is 0 Å². The van der Waals surface area contributed by atoms with Crippen molar-refractivity contribution in [3.05, 3.63) is 52.9 Å². The molecule has 2 aromatic rings. The monoisotopic (exact) mass is 286 g/mol. The van der Waals surface area contributed by atoms with Crippen LogP contribution in [0.1, 0.15) is 48.1 Å². The van der Waals surface area contributed by atoms with Gasteiger partial charge in [-0.05, 0) is 32.8 Å². The molecule has 0 bridgehead atoms. The molecule has 1 heterocycles. The van der Waals surface area contributed by atoms with Crippen LogP contribution in [0.2, 0.25) is 0 Å². The van der Waals surface area contributed by atoms with Crippen molar-refractivity contribution in [1.82, 2.24) is 10.1 Å². The first kappa shape index (κ1) is 15.3. The highest BCUT2D eigenvalue weighted by Crippen LogP contribution is 2.19. The van der Waals surface area contributed by atoms with E-state index in [-0.39, 0.29) is 11.9 Å². The molecule has 1 amide bonds. The maximum absolute atomic E-state index is 12.9. The van der Waals surface area contributed by atoms with Gasteiger partial charge in [0.2, 0.25) is 0 Å². The van der Waals surface area contributed by atoms with Gasteiger partial charge in [0.05, 0.1) is 5.69 Å². The first-order valence-corrected chi connectivity index (χ1v) is 7.34. The Morgan fingerprint density at radius 3 is 2.52 bits per heavy atom. The maximum atomic E-state index is 12.9. The molecule has 4 nitrogen and oxygen atoms in total. The van der Waals surface area contributed by atoms with Crippen LogP contribution in [0.3, 0.4) is 0 Å². The van der Waals surface area contributed by atoms with Gasteiger partial charge in [-0.1, -0.05) is 42.4 Å². The van der Waals surface area contributed by atoms with E-state index >= 15 is 0 Å². The van der Waals surface area contributed by atoms with Crippen LogP contribution in [0.4, 0.5) is 0 Å². The minimum absolute atomic E-state index is 0.00977. The summed E-state index contributed by atoms with van der Waals surface area (Å²) in [5, 5.41) is 3.98. The Bertz CT molecular complexity index is 603. The quantitative estimate of drug-likeness (QED) is 0.843.